The predicted molar refractivity (Wildman–Crippen MR) is 72.4 cm³/mol. The molecule has 1 saturated heterocycles. The molecule has 7 nitrogen and oxygen atoms in total. The van der Waals surface area contributed by atoms with Gasteiger partial charge in [-0.3, -0.25) is 4.79 Å². The second kappa shape index (κ2) is 8.76. The van der Waals surface area contributed by atoms with Crippen LogP contribution in [0.4, 0.5) is 4.79 Å². The Labute approximate surface area is 118 Å². The van der Waals surface area contributed by atoms with E-state index in [9.17, 15) is 9.59 Å². The fourth-order valence-electron chi connectivity index (χ4n) is 2.19. The maximum absolute atomic E-state index is 11.9. The van der Waals surface area contributed by atoms with Crippen LogP contribution >= 0.6 is 0 Å². The summed E-state index contributed by atoms with van der Waals surface area (Å²) in [5.74, 6) is -0.935. The van der Waals surface area contributed by atoms with Crippen LogP contribution < -0.4 is 5.32 Å². The van der Waals surface area contributed by atoms with Crippen molar-refractivity contribution in [3.8, 4) is 0 Å². The smallest absolute Gasteiger partial charge is 0.317 e. The third-order valence-corrected chi connectivity index (χ3v) is 3.30. The molecule has 0 spiro atoms. The van der Waals surface area contributed by atoms with Gasteiger partial charge < -0.3 is 25.2 Å². The zero-order chi connectivity index (χ0) is 15.0. The first-order valence-corrected chi connectivity index (χ1v) is 7.00. The number of nitrogens with one attached hydrogen (secondary N) is 1. The number of carbonyl (C=O) groups is 2. The first-order chi connectivity index (χ1) is 9.52. The second-order valence-corrected chi connectivity index (χ2v) is 5.17. The lowest BCUT2D eigenvalue weighted by atomic mass is 10.1. The van der Waals surface area contributed by atoms with Crippen molar-refractivity contribution in [3.05, 3.63) is 0 Å². The molecular weight excluding hydrogens is 264 g/mol. The molecule has 1 fully saturated rings. The Balaban J connectivity index is 2.20. The van der Waals surface area contributed by atoms with Gasteiger partial charge in [0.05, 0.1) is 19.3 Å². The predicted octanol–water partition coefficient (Wildman–Crippen LogP) is 0.280. The number of aliphatic hydroxyl groups excluding tert-OH is 1. The molecule has 1 aliphatic heterocycles. The number of aliphatic hydroxyl groups is 1. The minimum absolute atomic E-state index is 0.0160. The Morgan fingerprint density at radius 1 is 1.40 bits per heavy atom. The molecule has 0 aliphatic carbocycles. The van der Waals surface area contributed by atoms with Gasteiger partial charge in [0.25, 0.3) is 0 Å². The van der Waals surface area contributed by atoms with E-state index >= 15 is 0 Å². The summed E-state index contributed by atoms with van der Waals surface area (Å²) in [6.45, 7) is 3.76. The SMILES string of the molecule is CC(CNC(=O)N1CCC(OCCO)CC1)CC(=O)O. The van der Waals surface area contributed by atoms with Gasteiger partial charge in [0.15, 0.2) is 0 Å². The van der Waals surface area contributed by atoms with E-state index in [2.05, 4.69) is 5.32 Å². The molecule has 1 heterocycles. The third kappa shape index (κ3) is 6.21. The van der Waals surface area contributed by atoms with Crippen molar-refractivity contribution >= 4 is 12.0 Å². The molecule has 1 aliphatic rings. The van der Waals surface area contributed by atoms with Gasteiger partial charge in [0.2, 0.25) is 0 Å². The summed E-state index contributed by atoms with van der Waals surface area (Å²) in [5, 5.41) is 20.1. The van der Waals surface area contributed by atoms with Crippen LogP contribution in [0.3, 0.4) is 0 Å². The van der Waals surface area contributed by atoms with E-state index in [-0.39, 0.29) is 31.1 Å². The summed E-state index contributed by atoms with van der Waals surface area (Å²) in [7, 11) is 0. The molecule has 0 aromatic rings. The minimum atomic E-state index is -0.853. The Kier molecular flexibility index (Phi) is 7.32. The van der Waals surface area contributed by atoms with Crippen LogP contribution in [-0.4, -0.2) is 66.1 Å². The van der Waals surface area contributed by atoms with Gasteiger partial charge in [0, 0.05) is 26.1 Å². The van der Waals surface area contributed by atoms with Gasteiger partial charge in [-0.25, -0.2) is 4.79 Å². The molecule has 116 valence electrons. The molecule has 0 aromatic carbocycles. The van der Waals surface area contributed by atoms with Crippen molar-refractivity contribution in [1.29, 1.82) is 0 Å². The molecular formula is C13H24N2O5. The number of piperidine rings is 1. The number of carboxylic acid groups (broad SMARTS) is 1. The van der Waals surface area contributed by atoms with Gasteiger partial charge in [0.1, 0.15) is 0 Å². The summed E-state index contributed by atoms with van der Waals surface area (Å²) < 4.78 is 5.43. The van der Waals surface area contributed by atoms with Crippen LogP contribution in [-0.2, 0) is 9.53 Å². The molecule has 0 aromatic heterocycles. The highest BCUT2D eigenvalue weighted by molar-refractivity contribution is 5.74. The first kappa shape index (κ1) is 16.7. The summed E-state index contributed by atoms with van der Waals surface area (Å²) in [5.41, 5.74) is 0. The highest BCUT2D eigenvalue weighted by atomic mass is 16.5. The van der Waals surface area contributed by atoms with Crippen LogP contribution in [0.25, 0.3) is 0 Å². The fourth-order valence-corrected chi connectivity index (χ4v) is 2.19. The summed E-state index contributed by atoms with van der Waals surface area (Å²) in [6, 6.07) is -0.150. The number of carboxylic acids is 1. The lowest BCUT2D eigenvalue weighted by molar-refractivity contribution is -0.137. The molecule has 2 amide bonds. The molecule has 1 atom stereocenters. The zero-order valence-electron chi connectivity index (χ0n) is 11.9. The van der Waals surface area contributed by atoms with Crippen molar-refractivity contribution in [1.82, 2.24) is 10.2 Å². The summed E-state index contributed by atoms with van der Waals surface area (Å²) in [6.07, 6.45) is 1.69. The van der Waals surface area contributed by atoms with Crippen molar-refractivity contribution in [2.24, 2.45) is 5.92 Å². The van der Waals surface area contributed by atoms with Crippen molar-refractivity contribution in [3.63, 3.8) is 0 Å². The Bertz CT molecular complexity index is 316. The van der Waals surface area contributed by atoms with Crippen LogP contribution in [0.15, 0.2) is 0 Å². The van der Waals surface area contributed by atoms with E-state index in [1.165, 1.54) is 0 Å². The molecule has 7 heteroatoms. The van der Waals surface area contributed by atoms with Gasteiger partial charge in [-0.2, -0.15) is 0 Å². The molecule has 1 rings (SSSR count). The molecule has 0 saturated carbocycles. The Morgan fingerprint density at radius 3 is 2.60 bits per heavy atom. The highest BCUT2D eigenvalue weighted by Gasteiger charge is 2.23. The van der Waals surface area contributed by atoms with Gasteiger partial charge >= 0.3 is 12.0 Å². The van der Waals surface area contributed by atoms with E-state index < -0.39 is 5.97 Å². The Morgan fingerprint density at radius 2 is 2.05 bits per heavy atom. The third-order valence-electron chi connectivity index (χ3n) is 3.30. The molecule has 1 unspecified atom stereocenters. The molecule has 20 heavy (non-hydrogen) atoms. The van der Waals surface area contributed by atoms with Crippen LogP contribution in [0.2, 0.25) is 0 Å². The zero-order valence-corrected chi connectivity index (χ0v) is 11.9. The monoisotopic (exact) mass is 288 g/mol. The average molecular weight is 288 g/mol. The molecule has 0 bridgehead atoms. The van der Waals surface area contributed by atoms with E-state index in [0.29, 0.717) is 26.2 Å². The first-order valence-electron chi connectivity index (χ1n) is 7.00. The van der Waals surface area contributed by atoms with Gasteiger partial charge in [-0.1, -0.05) is 6.92 Å². The lowest BCUT2D eigenvalue weighted by Gasteiger charge is -2.32. The van der Waals surface area contributed by atoms with E-state index in [4.69, 9.17) is 14.9 Å². The van der Waals surface area contributed by atoms with Crippen LogP contribution in [0, 0.1) is 5.92 Å². The lowest BCUT2D eigenvalue weighted by Crippen LogP contribution is -2.47. The molecule has 3 N–H and O–H groups in total. The number of rotatable bonds is 7. The number of nitrogens with zero attached hydrogens (tertiary/aromatic N) is 1. The maximum Gasteiger partial charge on any atom is 0.317 e. The van der Waals surface area contributed by atoms with Crippen LogP contribution in [0.5, 0.6) is 0 Å². The fraction of sp³-hybridized carbons (Fsp3) is 0.846. The van der Waals surface area contributed by atoms with Crippen molar-refractivity contribution in [2.75, 3.05) is 32.8 Å². The maximum atomic E-state index is 11.9. The number of amides is 2. The topological polar surface area (TPSA) is 99.1 Å². The molecule has 0 radical (unpaired) electrons. The number of urea groups is 1. The standard InChI is InChI=1S/C13H24N2O5/c1-10(8-12(17)18)9-14-13(19)15-4-2-11(3-5-15)20-7-6-16/h10-11,16H,2-9H2,1H3,(H,14,19)(H,17,18). The quantitative estimate of drug-likeness (QED) is 0.625. The van der Waals surface area contributed by atoms with E-state index in [0.717, 1.165) is 12.8 Å². The summed E-state index contributed by atoms with van der Waals surface area (Å²) >= 11 is 0. The highest BCUT2D eigenvalue weighted by Crippen LogP contribution is 2.13. The van der Waals surface area contributed by atoms with E-state index in [1.54, 1.807) is 11.8 Å². The number of hydrogen-bond acceptors (Lipinski definition) is 4. The number of hydrogen-bond donors (Lipinski definition) is 3. The largest absolute Gasteiger partial charge is 0.481 e. The Hall–Kier alpha value is -1.34. The van der Waals surface area contributed by atoms with Gasteiger partial charge in [-0.15, -0.1) is 0 Å². The number of ether oxygens (including phenoxy) is 1. The second-order valence-electron chi connectivity index (χ2n) is 5.17. The number of likely N-dealkylation sites (tertiary alicyclic amines) is 1. The normalized spacial score (nSPS) is 17.8. The number of aliphatic carboxylic acids is 1. The summed E-state index contributed by atoms with van der Waals surface area (Å²) in [4.78, 5) is 24.1. The minimum Gasteiger partial charge on any atom is -0.481 e. The number of carbonyl (C=O) groups excluding carboxylic acids is 1. The van der Waals surface area contributed by atoms with Crippen molar-refractivity contribution in [2.45, 2.75) is 32.3 Å². The van der Waals surface area contributed by atoms with Crippen molar-refractivity contribution < 1.29 is 24.5 Å². The average Bonchev–Trinajstić information content (AvgIpc) is 2.42. The van der Waals surface area contributed by atoms with Crippen LogP contribution in [0.1, 0.15) is 26.2 Å². The van der Waals surface area contributed by atoms with E-state index in [1.807, 2.05) is 0 Å². The van der Waals surface area contributed by atoms with Gasteiger partial charge in [-0.05, 0) is 18.8 Å².